The molecule has 0 aliphatic rings. The second-order valence-corrected chi connectivity index (χ2v) is 15.8. The van der Waals surface area contributed by atoms with Crippen LogP contribution in [0.25, 0.3) is 17.1 Å². The van der Waals surface area contributed by atoms with E-state index in [0.29, 0.717) is 33.1 Å². The molecule has 4 aromatic carbocycles. The van der Waals surface area contributed by atoms with Gasteiger partial charge in [-0.15, -0.1) is 0 Å². The summed E-state index contributed by atoms with van der Waals surface area (Å²) in [6.45, 7) is 13.5. The highest BCUT2D eigenvalue weighted by Crippen LogP contribution is 2.39. The van der Waals surface area contributed by atoms with Gasteiger partial charge >= 0.3 is 0 Å². The van der Waals surface area contributed by atoms with Gasteiger partial charge in [-0.3, -0.25) is 14.5 Å². The van der Waals surface area contributed by atoms with Crippen LogP contribution in [0.2, 0.25) is 0 Å². The molecule has 5 aromatic rings. The van der Waals surface area contributed by atoms with Gasteiger partial charge in [0.2, 0.25) is 0 Å². The Bertz CT molecular complexity index is 2360. The zero-order valence-corrected chi connectivity index (χ0v) is 37.3. The number of ketones is 1. The van der Waals surface area contributed by atoms with E-state index < -0.39 is 0 Å². The SMILES string of the molecule is CCCN(C)c1cc(-n2c(-c3cc(C(C)C)c(O)cc3O)n[nH]c2=S)ccc1OC.CCCN(C)c1cc(NC(=S)NCC(=O)c2cc(C(C)C)c(O)cc2O)ccc1O. The number of phenolic OH excluding ortho intramolecular Hbond substituents is 5. The molecule has 0 atom stereocenters. The van der Waals surface area contributed by atoms with Crippen LogP contribution >= 0.6 is 24.4 Å². The number of ether oxygens (including phenoxy) is 1. The van der Waals surface area contributed by atoms with E-state index >= 15 is 0 Å². The average molecular weight is 860 g/mol. The van der Waals surface area contributed by atoms with Gasteiger partial charge in [0, 0.05) is 45.0 Å². The van der Waals surface area contributed by atoms with E-state index in [9.17, 15) is 30.3 Å². The minimum atomic E-state index is -0.354. The van der Waals surface area contributed by atoms with Gasteiger partial charge in [0.25, 0.3) is 0 Å². The molecule has 8 N–H and O–H groups in total. The highest BCUT2D eigenvalue weighted by molar-refractivity contribution is 7.80. The summed E-state index contributed by atoms with van der Waals surface area (Å²) in [7, 11) is 5.56. The Labute approximate surface area is 362 Å². The summed E-state index contributed by atoms with van der Waals surface area (Å²) in [4.78, 5) is 16.6. The lowest BCUT2D eigenvalue weighted by molar-refractivity contribution is 0.0994. The largest absolute Gasteiger partial charge is 0.508 e. The summed E-state index contributed by atoms with van der Waals surface area (Å²) < 4.78 is 7.71. The van der Waals surface area contributed by atoms with E-state index in [1.165, 1.54) is 18.2 Å². The topological polar surface area (TPSA) is 192 Å². The van der Waals surface area contributed by atoms with Crippen molar-refractivity contribution in [1.29, 1.82) is 0 Å². The number of thiocarbonyl (C=S) groups is 1. The van der Waals surface area contributed by atoms with Crippen molar-refractivity contribution in [3.05, 3.63) is 82.1 Å². The number of aromatic hydroxyl groups is 5. The van der Waals surface area contributed by atoms with E-state index in [2.05, 4.69) is 39.6 Å². The van der Waals surface area contributed by atoms with Gasteiger partial charge in [0.15, 0.2) is 21.5 Å². The molecule has 14 nitrogen and oxygen atoms in total. The highest BCUT2D eigenvalue weighted by Gasteiger charge is 2.21. The number of carbonyl (C=O) groups excluding carboxylic acids is 1. The van der Waals surface area contributed by atoms with Crippen molar-refractivity contribution in [3.63, 3.8) is 0 Å². The number of methoxy groups -OCH3 is 1. The number of anilines is 3. The molecule has 0 radical (unpaired) electrons. The zero-order valence-electron chi connectivity index (χ0n) is 35.6. The van der Waals surface area contributed by atoms with E-state index in [-0.39, 0.29) is 63.6 Å². The van der Waals surface area contributed by atoms with Crippen molar-refractivity contribution in [1.82, 2.24) is 20.1 Å². The van der Waals surface area contributed by atoms with Crippen LogP contribution in [0.1, 0.15) is 87.7 Å². The van der Waals surface area contributed by atoms with Gasteiger partial charge in [-0.2, -0.15) is 5.10 Å². The summed E-state index contributed by atoms with van der Waals surface area (Å²) in [5.74, 6) is 0.808. The molecule has 0 fully saturated rings. The normalized spacial score (nSPS) is 10.9. The first-order valence-electron chi connectivity index (χ1n) is 19.7. The lowest BCUT2D eigenvalue weighted by atomic mass is 9.97. The minimum absolute atomic E-state index is 0.00221. The number of hydrogen-bond acceptors (Lipinski definition) is 12. The number of nitrogens with one attached hydrogen (secondary N) is 3. The summed E-state index contributed by atoms with van der Waals surface area (Å²) >= 11 is 10.8. The third kappa shape index (κ3) is 11.2. The number of phenols is 5. The zero-order chi connectivity index (χ0) is 44.4. The molecule has 0 aliphatic heterocycles. The predicted molar refractivity (Wildman–Crippen MR) is 246 cm³/mol. The number of aromatic amines is 1. The molecule has 60 heavy (non-hydrogen) atoms. The molecule has 1 heterocycles. The van der Waals surface area contributed by atoms with Crippen LogP contribution in [0, 0.1) is 4.77 Å². The van der Waals surface area contributed by atoms with Crippen LogP contribution in [-0.2, 0) is 0 Å². The van der Waals surface area contributed by atoms with E-state index in [4.69, 9.17) is 29.2 Å². The van der Waals surface area contributed by atoms with Crippen LogP contribution in [-0.4, -0.2) is 92.0 Å². The second-order valence-electron chi connectivity index (χ2n) is 15.0. The molecule has 16 heteroatoms. The smallest absolute Gasteiger partial charge is 0.200 e. The molecule has 0 aliphatic carbocycles. The van der Waals surface area contributed by atoms with E-state index in [1.807, 2.05) is 64.9 Å². The Morgan fingerprint density at radius 1 is 0.800 bits per heavy atom. The molecule has 5 rings (SSSR count). The first-order valence-corrected chi connectivity index (χ1v) is 20.5. The third-order valence-corrected chi connectivity index (χ3v) is 10.3. The molecular weight excluding hydrogens is 803 g/mol. The molecular formula is C44H57N7O7S2. The minimum Gasteiger partial charge on any atom is -0.508 e. The van der Waals surface area contributed by atoms with Crippen LogP contribution in [0.5, 0.6) is 34.5 Å². The summed E-state index contributed by atoms with van der Waals surface area (Å²) in [5, 5.41) is 64.0. The van der Waals surface area contributed by atoms with E-state index in [0.717, 1.165) is 48.6 Å². The van der Waals surface area contributed by atoms with E-state index in [1.54, 1.807) is 35.9 Å². The fourth-order valence-electron chi connectivity index (χ4n) is 6.60. The quantitative estimate of drug-likeness (QED) is 0.0283. The Morgan fingerprint density at radius 2 is 1.40 bits per heavy atom. The second kappa shape index (κ2) is 20.8. The van der Waals surface area contributed by atoms with Crippen molar-refractivity contribution >= 4 is 52.4 Å². The Kier molecular flexibility index (Phi) is 16.2. The van der Waals surface area contributed by atoms with Crippen LogP contribution in [0.3, 0.4) is 0 Å². The van der Waals surface area contributed by atoms with Gasteiger partial charge in [0.05, 0.1) is 41.8 Å². The number of aromatic nitrogens is 3. The number of carbonyl (C=O) groups is 1. The number of H-pyrrole nitrogens is 1. The summed E-state index contributed by atoms with van der Waals surface area (Å²) in [6, 6.07) is 16.6. The summed E-state index contributed by atoms with van der Waals surface area (Å²) in [6.07, 6.45) is 1.94. The number of nitrogens with zero attached hydrogens (tertiary/aromatic N) is 4. The van der Waals surface area contributed by atoms with Crippen LogP contribution in [0.15, 0.2) is 60.7 Å². The number of Topliss-reactive ketones (excluding diaryl/α,β-unsaturated/α-hetero) is 1. The molecule has 0 amide bonds. The molecule has 0 bridgehead atoms. The number of rotatable bonds is 15. The first-order chi connectivity index (χ1) is 28.4. The van der Waals surface area contributed by atoms with Crippen molar-refractivity contribution in [3.8, 4) is 51.6 Å². The van der Waals surface area contributed by atoms with Gasteiger partial charge in [-0.1, -0.05) is 41.5 Å². The first kappa shape index (κ1) is 46.7. The molecule has 322 valence electrons. The molecule has 0 unspecified atom stereocenters. The number of benzene rings is 4. The molecule has 1 aromatic heterocycles. The number of hydrogen-bond donors (Lipinski definition) is 8. The lowest BCUT2D eigenvalue weighted by Crippen LogP contribution is -2.33. The van der Waals surface area contributed by atoms with Gasteiger partial charge in [-0.25, -0.2) is 0 Å². The third-order valence-electron chi connectivity index (χ3n) is 9.75. The average Bonchev–Trinajstić information content (AvgIpc) is 3.58. The maximum Gasteiger partial charge on any atom is 0.200 e. The summed E-state index contributed by atoms with van der Waals surface area (Å²) in [5.41, 5.74) is 5.00. The predicted octanol–water partition coefficient (Wildman–Crippen LogP) is 8.93. The highest BCUT2D eigenvalue weighted by atomic mass is 32.1. The molecule has 0 spiro atoms. The lowest BCUT2D eigenvalue weighted by Gasteiger charge is -2.22. The van der Waals surface area contributed by atoms with Gasteiger partial charge in [-0.05, 0) is 109 Å². The van der Waals surface area contributed by atoms with Crippen LogP contribution < -0.4 is 25.2 Å². The molecule has 0 saturated heterocycles. The fourth-order valence-corrected chi connectivity index (χ4v) is 7.03. The maximum absolute atomic E-state index is 12.5. The van der Waals surface area contributed by atoms with Crippen LogP contribution in [0.4, 0.5) is 17.1 Å². The Hall–Kier alpha value is -6.00. The van der Waals surface area contributed by atoms with Crippen molar-refractivity contribution < 1.29 is 35.1 Å². The van der Waals surface area contributed by atoms with Crippen molar-refractivity contribution in [2.24, 2.45) is 0 Å². The maximum atomic E-state index is 12.5. The monoisotopic (exact) mass is 859 g/mol. The van der Waals surface area contributed by atoms with Gasteiger partial charge in [0.1, 0.15) is 34.5 Å². The molecule has 0 saturated carbocycles. The standard InChI is InChI=1S/C22H28N4O3S.C22H29N3O4S/c1-6-9-25(4)17-10-14(7-8-20(17)29-5)26-21(23-24-22(26)30)16-11-15(13(2)3)18(27)12-19(16)28;1-5-8-25(4)17-9-14(6-7-18(17)26)24-22(30)23-12-21(29)16-10-15(13(2)3)19(27)11-20(16)28/h7-8,10-13,27-28H,6,9H2,1-5H3,(H,24,30);6-7,9-11,13,26-28H,5,8,12H2,1-4H3,(H2,23,24,30). The Balaban J connectivity index is 0.000000265. The Morgan fingerprint density at radius 3 is 2.00 bits per heavy atom. The fraction of sp³-hybridized carbons (Fsp3) is 0.364. The van der Waals surface area contributed by atoms with Crippen molar-refractivity contribution in [2.45, 2.75) is 66.2 Å². The van der Waals surface area contributed by atoms with Crippen molar-refractivity contribution in [2.75, 3.05) is 56.0 Å². The van der Waals surface area contributed by atoms with Gasteiger partial charge < -0.3 is 50.7 Å².